The van der Waals surface area contributed by atoms with Gasteiger partial charge in [0, 0.05) is 16.4 Å². The van der Waals surface area contributed by atoms with Gasteiger partial charge in [-0.1, -0.05) is 29.8 Å². The molecule has 0 N–H and O–H groups in total. The van der Waals surface area contributed by atoms with Crippen LogP contribution >= 0.6 is 0 Å². The number of carbonyl (C=O) groups is 1. The van der Waals surface area contributed by atoms with E-state index in [0.29, 0.717) is 0 Å². The van der Waals surface area contributed by atoms with E-state index in [0.717, 1.165) is 29.7 Å². The number of hydrogen-bond donors (Lipinski definition) is 0. The molecule has 1 aromatic carbocycles. The lowest BCUT2D eigenvalue weighted by molar-refractivity contribution is -0.134. The number of methoxy groups -OCH3 is 1. The molecular weight excluding hydrogens is 272 g/mol. The Kier molecular flexibility index (Phi) is 7.58. The molecule has 1 aromatic rings. The summed E-state index contributed by atoms with van der Waals surface area (Å²) in [6.45, 7) is 2.00. The van der Waals surface area contributed by atoms with Gasteiger partial charge in [-0.3, -0.25) is 0 Å². The highest BCUT2D eigenvalue weighted by atomic mass is 32.2. The van der Waals surface area contributed by atoms with Crippen LogP contribution < -0.4 is 0 Å². The van der Waals surface area contributed by atoms with E-state index in [1.165, 1.54) is 13.2 Å². The van der Waals surface area contributed by atoms with E-state index in [1.807, 2.05) is 37.3 Å². The largest absolute Gasteiger partial charge is 0.466 e. The summed E-state index contributed by atoms with van der Waals surface area (Å²) in [5.74, 6) is -0.332. The molecule has 0 bridgehead atoms. The molecule has 0 heterocycles. The third kappa shape index (κ3) is 6.48. The molecule has 20 heavy (non-hydrogen) atoms. The van der Waals surface area contributed by atoms with Gasteiger partial charge in [0.15, 0.2) is 0 Å². The minimum absolute atomic E-state index is 0.332. The normalized spacial score (nSPS) is 12.9. The SMILES string of the molecule is COC(=O)/C=C/CCC/C=C\S(=O)c1ccc(C)cc1. The lowest BCUT2D eigenvalue weighted by atomic mass is 10.2. The predicted molar refractivity (Wildman–Crippen MR) is 81.7 cm³/mol. The maximum absolute atomic E-state index is 11.9. The van der Waals surface area contributed by atoms with Crippen LogP contribution in [0.4, 0.5) is 0 Å². The number of rotatable bonds is 7. The number of benzene rings is 1. The summed E-state index contributed by atoms with van der Waals surface area (Å²) in [6.07, 6.45) is 7.68. The fourth-order valence-corrected chi connectivity index (χ4v) is 2.38. The Hall–Kier alpha value is -1.68. The first kappa shape index (κ1) is 16.4. The second-order valence-electron chi connectivity index (χ2n) is 4.34. The Bertz CT molecular complexity index is 501. The van der Waals surface area contributed by atoms with E-state index in [2.05, 4.69) is 4.74 Å². The van der Waals surface area contributed by atoms with Gasteiger partial charge in [0.25, 0.3) is 0 Å². The van der Waals surface area contributed by atoms with Crippen molar-refractivity contribution in [3.63, 3.8) is 0 Å². The van der Waals surface area contributed by atoms with E-state index in [1.54, 1.807) is 11.5 Å². The smallest absolute Gasteiger partial charge is 0.330 e. The molecule has 0 saturated carbocycles. The second-order valence-corrected chi connectivity index (χ2v) is 5.68. The summed E-state index contributed by atoms with van der Waals surface area (Å²) < 4.78 is 16.4. The molecule has 3 nitrogen and oxygen atoms in total. The Morgan fingerprint density at radius 2 is 1.85 bits per heavy atom. The van der Waals surface area contributed by atoms with E-state index in [-0.39, 0.29) is 5.97 Å². The average molecular weight is 292 g/mol. The zero-order chi connectivity index (χ0) is 14.8. The topological polar surface area (TPSA) is 43.4 Å². The Morgan fingerprint density at radius 1 is 1.20 bits per heavy atom. The molecule has 1 atom stereocenters. The third-order valence-corrected chi connectivity index (χ3v) is 3.85. The van der Waals surface area contributed by atoms with E-state index in [4.69, 9.17) is 0 Å². The molecule has 0 radical (unpaired) electrons. The summed E-state index contributed by atoms with van der Waals surface area (Å²) in [6, 6.07) is 7.68. The minimum atomic E-state index is -1.08. The number of carbonyl (C=O) groups excluding carboxylic acids is 1. The van der Waals surface area contributed by atoms with E-state index >= 15 is 0 Å². The van der Waals surface area contributed by atoms with Crippen LogP contribution in [0.1, 0.15) is 24.8 Å². The summed E-state index contributed by atoms with van der Waals surface area (Å²) in [5, 5.41) is 1.72. The van der Waals surface area contributed by atoms with Crippen molar-refractivity contribution in [2.24, 2.45) is 0 Å². The van der Waals surface area contributed by atoms with Crippen LogP contribution in [-0.4, -0.2) is 17.3 Å². The predicted octanol–water partition coefficient (Wildman–Crippen LogP) is 3.52. The molecule has 0 aliphatic heterocycles. The van der Waals surface area contributed by atoms with Gasteiger partial charge < -0.3 is 4.74 Å². The first-order valence-electron chi connectivity index (χ1n) is 6.52. The number of unbranched alkanes of at least 4 members (excludes halogenated alkanes) is 2. The van der Waals surface area contributed by atoms with Crippen molar-refractivity contribution in [3.05, 3.63) is 53.5 Å². The number of ether oxygens (including phenoxy) is 1. The van der Waals surface area contributed by atoms with Gasteiger partial charge in [-0.15, -0.1) is 0 Å². The van der Waals surface area contributed by atoms with Gasteiger partial charge in [0.1, 0.15) is 0 Å². The highest BCUT2D eigenvalue weighted by Crippen LogP contribution is 2.10. The lowest BCUT2D eigenvalue weighted by Gasteiger charge is -1.97. The Labute approximate surface area is 122 Å². The number of hydrogen-bond acceptors (Lipinski definition) is 3. The number of esters is 1. The van der Waals surface area contributed by atoms with Crippen molar-refractivity contribution in [1.82, 2.24) is 0 Å². The highest BCUT2D eigenvalue weighted by molar-refractivity contribution is 7.88. The highest BCUT2D eigenvalue weighted by Gasteiger charge is 1.97. The van der Waals surface area contributed by atoms with Crippen molar-refractivity contribution in [2.75, 3.05) is 7.11 Å². The van der Waals surface area contributed by atoms with Crippen LogP contribution in [0.5, 0.6) is 0 Å². The molecular formula is C16H20O3S. The van der Waals surface area contributed by atoms with Crippen LogP contribution in [-0.2, 0) is 20.3 Å². The standard InChI is InChI=1S/C16H20O3S/c1-14-9-11-15(12-10-14)20(18)13-7-5-3-4-6-8-16(17)19-2/h6-13H,3-5H2,1-2H3/b8-6+,13-7-. The number of allylic oxidation sites excluding steroid dienone is 2. The first-order chi connectivity index (χ1) is 9.63. The summed E-state index contributed by atoms with van der Waals surface area (Å²) >= 11 is 0. The van der Waals surface area contributed by atoms with Crippen molar-refractivity contribution in [2.45, 2.75) is 31.1 Å². The molecule has 0 spiro atoms. The average Bonchev–Trinajstić information content (AvgIpc) is 2.46. The van der Waals surface area contributed by atoms with Crippen molar-refractivity contribution in [3.8, 4) is 0 Å². The van der Waals surface area contributed by atoms with Gasteiger partial charge in [-0.2, -0.15) is 0 Å². The van der Waals surface area contributed by atoms with Gasteiger partial charge in [0.05, 0.1) is 17.9 Å². The Balaban J connectivity index is 2.28. The van der Waals surface area contributed by atoms with E-state index < -0.39 is 10.8 Å². The molecule has 0 saturated heterocycles. The van der Waals surface area contributed by atoms with Gasteiger partial charge >= 0.3 is 5.97 Å². The monoisotopic (exact) mass is 292 g/mol. The molecule has 0 aliphatic rings. The zero-order valence-electron chi connectivity index (χ0n) is 11.9. The summed E-state index contributed by atoms with van der Waals surface area (Å²) in [5.41, 5.74) is 1.16. The van der Waals surface area contributed by atoms with Crippen molar-refractivity contribution in [1.29, 1.82) is 0 Å². The summed E-state index contributed by atoms with van der Waals surface area (Å²) in [7, 11) is 0.277. The maximum Gasteiger partial charge on any atom is 0.330 e. The van der Waals surface area contributed by atoms with Gasteiger partial charge in [0.2, 0.25) is 0 Å². The molecule has 0 fully saturated rings. The minimum Gasteiger partial charge on any atom is -0.466 e. The van der Waals surface area contributed by atoms with Crippen LogP contribution in [0.3, 0.4) is 0 Å². The molecule has 0 aromatic heterocycles. The lowest BCUT2D eigenvalue weighted by Crippen LogP contribution is -1.93. The van der Waals surface area contributed by atoms with Gasteiger partial charge in [-0.25, -0.2) is 9.00 Å². The maximum atomic E-state index is 11.9. The van der Waals surface area contributed by atoms with Crippen molar-refractivity contribution >= 4 is 16.8 Å². The molecule has 4 heteroatoms. The molecule has 1 unspecified atom stereocenters. The van der Waals surface area contributed by atoms with Crippen LogP contribution in [0.25, 0.3) is 0 Å². The molecule has 108 valence electrons. The number of aryl methyl sites for hydroxylation is 1. The fraction of sp³-hybridized carbons (Fsp3) is 0.312. The first-order valence-corrected chi connectivity index (χ1v) is 7.73. The second kappa shape index (κ2) is 9.26. The molecule has 1 rings (SSSR count). The van der Waals surface area contributed by atoms with Crippen LogP contribution in [0.15, 0.2) is 52.8 Å². The van der Waals surface area contributed by atoms with Crippen LogP contribution in [0, 0.1) is 6.92 Å². The van der Waals surface area contributed by atoms with Crippen molar-refractivity contribution < 1.29 is 13.7 Å². The zero-order valence-corrected chi connectivity index (χ0v) is 12.7. The fourth-order valence-electron chi connectivity index (χ4n) is 1.51. The Morgan fingerprint density at radius 3 is 2.50 bits per heavy atom. The molecule has 0 aliphatic carbocycles. The quantitative estimate of drug-likeness (QED) is 0.439. The van der Waals surface area contributed by atoms with E-state index in [9.17, 15) is 9.00 Å². The third-order valence-electron chi connectivity index (χ3n) is 2.67. The molecule has 0 amide bonds. The summed E-state index contributed by atoms with van der Waals surface area (Å²) in [4.78, 5) is 11.6. The van der Waals surface area contributed by atoms with Gasteiger partial charge in [-0.05, 0) is 38.3 Å². The van der Waals surface area contributed by atoms with Crippen LogP contribution in [0.2, 0.25) is 0 Å².